The molecule has 5 rings (SSSR count). The second-order valence-corrected chi connectivity index (χ2v) is 10.7. The number of hydrogen-bond donors (Lipinski definition) is 1. The molecule has 2 fully saturated rings. The lowest BCUT2D eigenvalue weighted by Crippen LogP contribution is -2.42. The summed E-state index contributed by atoms with van der Waals surface area (Å²) >= 11 is 1.44. The summed E-state index contributed by atoms with van der Waals surface area (Å²) in [6.45, 7) is 3.16. The SMILES string of the molecule is CC(NC(=O)c1onc(OCCn2ccnc2)c1Sc1ccccc1)C1CC2CCCC(C2)C1. The van der Waals surface area contributed by atoms with E-state index in [1.807, 2.05) is 41.1 Å². The fourth-order valence-electron chi connectivity index (χ4n) is 5.45. The summed E-state index contributed by atoms with van der Waals surface area (Å²) in [4.78, 5) is 19.0. The number of aromatic nitrogens is 3. The van der Waals surface area contributed by atoms with Crippen molar-refractivity contribution in [3.63, 3.8) is 0 Å². The Kier molecular flexibility index (Phi) is 7.23. The summed E-state index contributed by atoms with van der Waals surface area (Å²) in [6.07, 6.45) is 13.2. The van der Waals surface area contributed by atoms with Crippen LogP contribution in [-0.4, -0.2) is 33.3 Å². The standard InChI is InChI=1S/C26H32N4O3S/c1-18(21-15-19-6-5-7-20(14-19)16-21)28-25(31)23-24(34-22-8-3-2-4-9-22)26(29-33-23)32-13-12-30-11-10-27-17-30/h2-4,8-11,17-21H,5-7,12-16H2,1H3,(H,28,31). The number of imidazole rings is 1. The van der Waals surface area contributed by atoms with Crippen LogP contribution in [0.4, 0.5) is 0 Å². The van der Waals surface area contributed by atoms with E-state index in [2.05, 4.69) is 22.4 Å². The van der Waals surface area contributed by atoms with Crippen LogP contribution in [0.25, 0.3) is 0 Å². The van der Waals surface area contributed by atoms with Gasteiger partial charge in [-0.05, 0) is 61.2 Å². The number of nitrogens with zero attached hydrogens (tertiary/aromatic N) is 3. The van der Waals surface area contributed by atoms with Crippen LogP contribution in [0, 0.1) is 17.8 Å². The van der Waals surface area contributed by atoms with Gasteiger partial charge in [0.1, 0.15) is 11.5 Å². The minimum atomic E-state index is -0.223. The number of ether oxygens (including phenoxy) is 1. The molecule has 2 aliphatic rings. The lowest BCUT2D eigenvalue weighted by Gasteiger charge is -2.41. The molecule has 0 aliphatic heterocycles. The molecule has 3 aromatic rings. The largest absolute Gasteiger partial charge is 0.473 e. The Labute approximate surface area is 204 Å². The lowest BCUT2D eigenvalue weighted by atomic mass is 9.66. The number of rotatable bonds is 9. The Balaban J connectivity index is 1.29. The second kappa shape index (κ2) is 10.7. The van der Waals surface area contributed by atoms with Crippen molar-refractivity contribution in [1.82, 2.24) is 20.0 Å². The third-order valence-electron chi connectivity index (χ3n) is 7.17. The third kappa shape index (κ3) is 5.49. The fourth-order valence-corrected chi connectivity index (χ4v) is 6.38. The number of benzene rings is 1. The van der Waals surface area contributed by atoms with Crippen LogP contribution in [0.2, 0.25) is 0 Å². The monoisotopic (exact) mass is 480 g/mol. The lowest BCUT2D eigenvalue weighted by molar-refractivity contribution is 0.0818. The summed E-state index contributed by atoms with van der Waals surface area (Å²) in [5.41, 5.74) is 0. The van der Waals surface area contributed by atoms with E-state index in [0.717, 1.165) is 16.7 Å². The molecule has 2 aromatic heterocycles. The van der Waals surface area contributed by atoms with Gasteiger partial charge in [-0.15, -0.1) is 0 Å². The minimum absolute atomic E-state index is 0.0983. The van der Waals surface area contributed by atoms with E-state index in [0.29, 0.717) is 29.8 Å². The molecule has 3 unspecified atom stereocenters. The van der Waals surface area contributed by atoms with Gasteiger partial charge in [0.25, 0.3) is 11.8 Å². The molecular formula is C26H32N4O3S. The first kappa shape index (κ1) is 23.0. The maximum Gasteiger partial charge on any atom is 0.291 e. The molecule has 0 saturated heterocycles. The number of carbonyl (C=O) groups is 1. The zero-order valence-electron chi connectivity index (χ0n) is 19.6. The zero-order valence-corrected chi connectivity index (χ0v) is 20.4. The smallest absolute Gasteiger partial charge is 0.291 e. The van der Waals surface area contributed by atoms with Crippen LogP contribution in [0.15, 0.2) is 63.4 Å². The van der Waals surface area contributed by atoms with Gasteiger partial charge in [-0.3, -0.25) is 4.79 Å². The summed E-state index contributed by atoms with van der Waals surface area (Å²) in [6, 6.07) is 10.0. The van der Waals surface area contributed by atoms with Gasteiger partial charge >= 0.3 is 0 Å². The molecule has 2 aliphatic carbocycles. The normalized spacial score (nSPS) is 22.8. The molecule has 34 heavy (non-hydrogen) atoms. The Morgan fingerprint density at radius 3 is 2.76 bits per heavy atom. The van der Waals surface area contributed by atoms with Gasteiger partial charge in [0.15, 0.2) is 0 Å². The summed E-state index contributed by atoms with van der Waals surface area (Å²) in [7, 11) is 0. The Hall–Kier alpha value is -2.74. The van der Waals surface area contributed by atoms with E-state index in [4.69, 9.17) is 9.26 Å². The molecule has 2 saturated carbocycles. The van der Waals surface area contributed by atoms with Crippen molar-refractivity contribution in [2.24, 2.45) is 17.8 Å². The average molecular weight is 481 g/mol. The van der Waals surface area contributed by atoms with Crippen LogP contribution in [0.5, 0.6) is 5.88 Å². The van der Waals surface area contributed by atoms with E-state index < -0.39 is 0 Å². The number of fused-ring (bicyclic) bond motifs is 2. The Morgan fingerprint density at radius 1 is 1.24 bits per heavy atom. The van der Waals surface area contributed by atoms with Crippen molar-refractivity contribution in [3.05, 3.63) is 54.8 Å². The van der Waals surface area contributed by atoms with Crippen molar-refractivity contribution < 1.29 is 14.1 Å². The highest BCUT2D eigenvalue weighted by Crippen LogP contribution is 2.44. The van der Waals surface area contributed by atoms with Gasteiger partial charge in [-0.25, -0.2) is 4.98 Å². The van der Waals surface area contributed by atoms with Crippen LogP contribution in [0.3, 0.4) is 0 Å². The van der Waals surface area contributed by atoms with Crippen molar-refractivity contribution >= 4 is 17.7 Å². The van der Waals surface area contributed by atoms with Crippen LogP contribution < -0.4 is 10.1 Å². The average Bonchev–Trinajstić information content (AvgIpc) is 3.50. The van der Waals surface area contributed by atoms with Gasteiger partial charge in [-0.2, -0.15) is 0 Å². The van der Waals surface area contributed by atoms with Gasteiger partial charge in [0.05, 0.1) is 12.9 Å². The fraction of sp³-hybridized carbons (Fsp3) is 0.500. The first-order valence-electron chi connectivity index (χ1n) is 12.3. The molecule has 2 heterocycles. The van der Waals surface area contributed by atoms with E-state index in [-0.39, 0.29) is 17.7 Å². The molecule has 0 radical (unpaired) electrons. The van der Waals surface area contributed by atoms with Gasteiger partial charge in [0, 0.05) is 23.3 Å². The minimum Gasteiger partial charge on any atom is -0.473 e. The van der Waals surface area contributed by atoms with Crippen LogP contribution >= 0.6 is 11.8 Å². The van der Waals surface area contributed by atoms with Gasteiger partial charge < -0.3 is 19.1 Å². The van der Waals surface area contributed by atoms with Crippen molar-refractivity contribution in [1.29, 1.82) is 0 Å². The highest BCUT2D eigenvalue weighted by Gasteiger charge is 2.35. The highest BCUT2D eigenvalue weighted by atomic mass is 32.2. The van der Waals surface area contributed by atoms with Crippen molar-refractivity contribution in [3.8, 4) is 5.88 Å². The Morgan fingerprint density at radius 2 is 2.03 bits per heavy atom. The molecule has 0 spiro atoms. The molecule has 8 heteroatoms. The topological polar surface area (TPSA) is 82.2 Å². The Bertz CT molecular complexity index is 1060. The quantitative estimate of drug-likeness (QED) is 0.439. The summed E-state index contributed by atoms with van der Waals surface area (Å²) in [5, 5.41) is 7.33. The molecule has 3 atom stereocenters. The maximum atomic E-state index is 13.3. The van der Waals surface area contributed by atoms with E-state index >= 15 is 0 Å². The highest BCUT2D eigenvalue weighted by molar-refractivity contribution is 7.99. The first-order valence-corrected chi connectivity index (χ1v) is 13.1. The molecule has 2 bridgehead atoms. The summed E-state index contributed by atoms with van der Waals surface area (Å²) < 4.78 is 13.4. The van der Waals surface area contributed by atoms with Crippen molar-refractivity contribution in [2.45, 2.75) is 67.8 Å². The summed E-state index contributed by atoms with van der Waals surface area (Å²) in [5.74, 6) is 2.50. The predicted octanol–water partition coefficient (Wildman–Crippen LogP) is 5.44. The molecule has 7 nitrogen and oxygen atoms in total. The number of amides is 1. The molecule has 1 amide bonds. The number of hydrogen-bond acceptors (Lipinski definition) is 6. The predicted molar refractivity (Wildman–Crippen MR) is 130 cm³/mol. The third-order valence-corrected chi connectivity index (χ3v) is 8.24. The van der Waals surface area contributed by atoms with Crippen LogP contribution in [-0.2, 0) is 6.54 Å². The molecular weight excluding hydrogens is 448 g/mol. The first-order chi connectivity index (χ1) is 16.7. The zero-order chi connectivity index (χ0) is 23.3. The number of carbonyl (C=O) groups excluding carboxylic acids is 1. The van der Waals surface area contributed by atoms with Crippen molar-refractivity contribution in [2.75, 3.05) is 6.61 Å². The molecule has 180 valence electrons. The molecule has 1 aromatic carbocycles. The van der Waals surface area contributed by atoms with E-state index in [1.54, 1.807) is 12.5 Å². The van der Waals surface area contributed by atoms with Gasteiger partial charge in [0.2, 0.25) is 5.76 Å². The van der Waals surface area contributed by atoms with Gasteiger partial charge in [-0.1, -0.05) is 49.2 Å². The molecule has 1 N–H and O–H groups in total. The van der Waals surface area contributed by atoms with E-state index in [9.17, 15) is 4.79 Å². The second-order valence-electron chi connectivity index (χ2n) is 9.60. The number of nitrogens with one attached hydrogen (secondary N) is 1. The van der Waals surface area contributed by atoms with Crippen LogP contribution in [0.1, 0.15) is 56.0 Å². The maximum absolute atomic E-state index is 13.3. The van der Waals surface area contributed by atoms with E-state index in [1.165, 1.54) is 50.3 Å².